The second-order valence-electron chi connectivity index (χ2n) is 7.10. The van der Waals surface area contributed by atoms with Crippen molar-refractivity contribution >= 4 is 18.7 Å². The summed E-state index contributed by atoms with van der Waals surface area (Å²) in [5, 5.41) is 2.55. The smallest absolute Gasteiger partial charge is 0.265 e. The molecular weight excluding hydrogens is 345 g/mol. The minimum absolute atomic E-state index is 0.0810. The van der Waals surface area contributed by atoms with Crippen LogP contribution in [0.5, 0.6) is 0 Å². The SMILES string of the molecule is C=N/C(=C\c1cc(-c2cnc(C)n2C)ccc1C)NC(=O)C1(F)CN(C)C1. The van der Waals surface area contributed by atoms with Crippen molar-refractivity contribution in [1.82, 2.24) is 19.8 Å². The van der Waals surface area contributed by atoms with Crippen LogP contribution >= 0.6 is 0 Å². The highest BCUT2D eigenvalue weighted by Crippen LogP contribution is 2.26. The fraction of sp³-hybridized carbons (Fsp3) is 0.350. The standard InChI is InChI=1S/C20H24FN5O/c1-13-6-7-15(17-10-23-14(2)26(17)5)8-16(13)9-18(22-3)24-19(27)20(21)11-25(4)12-20/h6-10H,3,11-12H2,1-2,4-5H3,(H,24,27)/b18-9+. The molecule has 1 aliphatic rings. The van der Waals surface area contributed by atoms with E-state index in [2.05, 4.69) is 22.0 Å². The van der Waals surface area contributed by atoms with Crippen molar-refractivity contribution in [3.8, 4) is 11.3 Å². The first-order valence-corrected chi connectivity index (χ1v) is 8.70. The van der Waals surface area contributed by atoms with E-state index in [1.165, 1.54) is 0 Å². The average molecular weight is 369 g/mol. The van der Waals surface area contributed by atoms with Crippen LogP contribution in [0.3, 0.4) is 0 Å². The van der Waals surface area contributed by atoms with E-state index in [1.54, 1.807) is 18.0 Å². The normalized spacial score (nSPS) is 16.7. The number of nitrogens with zero attached hydrogens (tertiary/aromatic N) is 4. The number of alkyl halides is 1. The van der Waals surface area contributed by atoms with Crippen molar-refractivity contribution in [2.45, 2.75) is 19.5 Å². The van der Waals surface area contributed by atoms with Gasteiger partial charge in [0.15, 0.2) is 0 Å². The number of benzene rings is 1. The number of halogens is 1. The van der Waals surface area contributed by atoms with Crippen LogP contribution in [0.4, 0.5) is 4.39 Å². The molecule has 0 unspecified atom stereocenters. The summed E-state index contributed by atoms with van der Waals surface area (Å²) in [6.07, 6.45) is 3.53. The molecule has 0 saturated carbocycles. The number of imidazole rings is 1. The number of likely N-dealkylation sites (tertiary alicyclic amines) is 1. The zero-order valence-corrected chi connectivity index (χ0v) is 16.1. The van der Waals surface area contributed by atoms with Gasteiger partial charge in [0.1, 0.15) is 11.6 Å². The van der Waals surface area contributed by atoms with Gasteiger partial charge in [-0.15, -0.1) is 0 Å². The average Bonchev–Trinajstić information content (AvgIpc) is 2.94. The Morgan fingerprint density at radius 1 is 1.37 bits per heavy atom. The Hall–Kier alpha value is -2.80. The number of aliphatic imine (C=N–C) groups is 1. The van der Waals surface area contributed by atoms with E-state index in [1.807, 2.05) is 49.9 Å². The van der Waals surface area contributed by atoms with Crippen molar-refractivity contribution in [1.29, 1.82) is 0 Å². The summed E-state index contributed by atoms with van der Waals surface area (Å²) in [5.74, 6) is 0.463. The fourth-order valence-corrected chi connectivity index (χ4v) is 3.18. The number of rotatable bonds is 5. The summed E-state index contributed by atoms with van der Waals surface area (Å²) in [5.41, 5.74) is 1.98. The van der Waals surface area contributed by atoms with Crippen LogP contribution in [0.1, 0.15) is 17.0 Å². The van der Waals surface area contributed by atoms with E-state index in [9.17, 15) is 9.18 Å². The Labute approximate surface area is 158 Å². The van der Waals surface area contributed by atoms with Gasteiger partial charge in [0.25, 0.3) is 5.91 Å². The van der Waals surface area contributed by atoms with Crippen LogP contribution in [0.25, 0.3) is 17.3 Å². The van der Waals surface area contributed by atoms with E-state index in [0.717, 1.165) is 28.2 Å². The third-order valence-electron chi connectivity index (χ3n) is 4.95. The molecule has 142 valence electrons. The fourth-order valence-electron chi connectivity index (χ4n) is 3.18. The van der Waals surface area contributed by atoms with Gasteiger partial charge in [-0.2, -0.15) is 0 Å². The van der Waals surface area contributed by atoms with Gasteiger partial charge in [0.05, 0.1) is 11.9 Å². The molecule has 6 nitrogen and oxygen atoms in total. The zero-order chi connectivity index (χ0) is 19.8. The topological polar surface area (TPSA) is 62.5 Å². The minimum Gasteiger partial charge on any atom is -0.331 e. The summed E-state index contributed by atoms with van der Waals surface area (Å²) in [6, 6.07) is 6.00. The number of carbonyl (C=O) groups is 1. The van der Waals surface area contributed by atoms with Crippen molar-refractivity contribution in [3.63, 3.8) is 0 Å². The molecular formula is C20H24FN5O. The van der Waals surface area contributed by atoms with Gasteiger partial charge in [-0.3, -0.25) is 9.69 Å². The molecule has 3 rings (SSSR count). The minimum atomic E-state index is -1.87. The number of carbonyl (C=O) groups excluding carboxylic acids is 1. The Morgan fingerprint density at radius 3 is 2.63 bits per heavy atom. The van der Waals surface area contributed by atoms with Crippen LogP contribution in [0.15, 0.2) is 35.2 Å². The monoisotopic (exact) mass is 369 g/mol. The quantitative estimate of drug-likeness (QED) is 0.824. The lowest BCUT2D eigenvalue weighted by Gasteiger charge is -2.40. The Morgan fingerprint density at radius 2 is 2.07 bits per heavy atom. The Bertz CT molecular complexity index is 924. The molecule has 0 bridgehead atoms. The maximum atomic E-state index is 14.4. The summed E-state index contributed by atoms with van der Waals surface area (Å²) >= 11 is 0. The van der Waals surface area contributed by atoms with Gasteiger partial charge in [-0.1, -0.05) is 12.1 Å². The molecule has 7 heteroatoms. The van der Waals surface area contributed by atoms with Crippen LogP contribution < -0.4 is 5.32 Å². The molecule has 2 aromatic rings. The largest absolute Gasteiger partial charge is 0.331 e. The van der Waals surface area contributed by atoms with E-state index in [-0.39, 0.29) is 18.9 Å². The summed E-state index contributed by atoms with van der Waals surface area (Å²) in [4.78, 5) is 22.2. The number of hydrogen-bond acceptors (Lipinski definition) is 4. The molecule has 1 aromatic carbocycles. The van der Waals surface area contributed by atoms with Crippen molar-refractivity contribution < 1.29 is 9.18 Å². The van der Waals surface area contributed by atoms with Gasteiger partial charge in [-0.25, -0.2) is 14.4 Å². The van der Waals surface area contributed by atoms with Crippen molar-refractivity contribution in [2.75, 3.05) is 20.1 Å². The first-order valence-electron chi connectivity index (χ1n) is 8.70. The molecule has 1 aromatic heterocycles. The molecule has 1 aliphatic heterocycles. The van der Waals surface area contributed by atoms with Gasteiger partial charge in [0, 0.05) is 25.7 Å². The summed E-state index contributed by atoms with van der Waals surface area (Å²) in [6.45, 7) is 7.57. The predicted molar refractivity (Wildman–Crippen MR) is 105 cm³/mol. The predicted octanol–water partition coefficient (Wildman–Crippen LogP) is 2.47. The zero-order valence-electron chi connectivity index (χ0n) is 16.1. The van der Waals surface area contributed by atoms with Crippen LogP contribution in [-0.2, 0) is 11.8 Å². The Balaban J connectivity index is 1.88. The van der Waals surface area contributed by atoms with Gasteiger partial charge in [0.2, 0.25) is 5.67 Å². The lowest BCUT2D eigenvalue weighted by Crippen LogP contribution is -2.64. The molecule has 0 radical (unpaired) electrons. The van der Waals surface area contributed by atoms with E-state index < -0.39 is 11.6 Å². The molecule has 27 heavy (non-hydrogen) atoms. The molecule has 0 spiro atoms. The molecule has 2 heterocycles. The van der Waals surface area contributed by atoms with Gasteiger partial charge >= 0.3 is 0 Å². The first-order chi connectivity index (χ1) is 12.7. The number of amides is 1. The van der Waals surface area contributed by atoms with Gasteiger partial charge in [-0.05, 0) is 50.9 Å². The number of nitrogens with one attached hydrogen (secondary N) is 1. The first kappa shape index (κ1) is 19.0. The molecule has 1 saturated heterocycles. The number of aryl methyl sites for hydroxylation is 2. The highest BCUT2D eigenvalue weighted by Gasteiger charge is 2.48. The van der Waals surface area contributed by atoms with E-state index in [4.69, 9.17) is 0 Å². The lowest BCUT2D eigenvalue weighted by molar-refractivity contribution is -0.142. The molecule has 1 amide bonds. The van der Waals surface area contributed by atoms with Crippen LogP contribution in [-0.4, -0.2) is 52.9 Å². The Kier molecular flexibility index (Phi) is 4.97. The van der Waals surface area contributed by atoms with Crippen molar-refractivity contribution in [2.24, 2.45) is 12.0 Å². The second-order valence-corrected chi connectivity index (χ2v) is 7.10. The second kappa shape index (κ2) is 7.08. The highest BCUT2D eigenvalue weighted by atomic mass is 19.1. The number of aromatic nitrogens is 2. The molecule has 0 atom stereocenters. The molecule has 1 N–H and O–H groups in total. The third kappa shape index (κ3) is 3.68. The number of hydrogen-bond donors (Lipinski definition) is 1. The maximum Gasteiger partial charge on any atom is 0.265 e. The maximum absolute atomic E-state index is 14.4. The van der Waals surface area contributed by atoms with Gasteiger partial charge < -0.3 is 9.88 Å². The lowest BCUT2D eigenvalue weighted by atomic mass is 9.96. The van der Waals surface area contributed by atoms with E-state index in [0.29, 0.717) is 0 Å². The molecule has 1 fully saturated rings. The van der Waals surface area contributed by atoms with E-state index >= 15 is 0 Å². The van der Waals surface area contributed by atoms with Crippen LogP contribution in [0, 0.1) is 13.8 Å². The highest BCUT2D eigenvalue weighted by molar-refractivity contribution is 5.89. The molecule has 0 aliphatic carbocycles. The van der Waals surface area contributed by atoms with Crippen molar-refractivity contribution in [3.05, 3.63) is 47.2 Å². The summed E-state index contributed by atoms with van der Waals surface area (Å²) in [7, 11) is 3.73. The van der Waals surface area contributed by atoms with Crippen LogP contribution in [0.2, 0.25) is 0 Å². The summed E-state index contributed by atoms with van der Waals surface area (Å²) < 4.78 is 16.5. The third-order valence-corrected chi connectivity index (χ3v) is 4.95.